The van der Waals surface area contributed by atoms with Crippen LogP contribution in [0.3, 0.4) is 0 Å². The molecule has 0 fully saturated rings. The van der Waals surface area contributed by atoms with Crippen LogP contribution in [-0.2, 0) is 9.47 Å². The quantitative estimate of drug-likeness (QED) is 0.797. The fourth-order valence-electron chi connectivity index (χ4n) is 2.09. The molecule has 0 spiro atoms. The number of esters is 2. The van der Waals surface area contributed by atoms with Gasteiger partial charge in [-0.2, -0.15) is 0 Å². The second-order valence-electron chi connectivity index (χ2n) is 4.39. The van der Waals surface area contributed by atoms with Crippen molar-refractivity contribution in [2.45, 2.75) is 27.7 Å². The van der Waals surface area contributed by atoms with E-state index in [4.69, 9.17) is 9.47 Å². The largest absolute Gasteiger partial charge is 0.462 e. The van der Waals surface area contributed by atoms with E-state index in [1.54, 1.807) is 32.1 Å². The van der Waals surface area contributed by atoms with E-state index in [1.807, 2.05) is 0 Å². The van der Waals surface area contributed by atoms with Crippen LogP contribution >= 0.6 is 0 Å². The van der Waals surface area contributed by atoms with Crippen molar-refractivity contribution in [2.75, 3.05) is 13.2 Å². The van der Waals surface area contributed by atoms with Gasteiger partial charge in [0, 0.05) is 11.9 Å². The van der Waals surface area contributed by atoms with Crippen molar-refractivity contribution >= 4 is 17.7 Å². The minimum Gasteiger partial charge on any atom is -0.462 e. The Morgan fingerprint density at radius 1 is 1.10 bits per heavy atom. The van der Waals surface area contributed by atoms with Crippen molar-refractivity contribution < 1.29 is 19.1 Å². The van der Waals surface area contributed by atoms with Crippen LogP contribution < -0.4 is 0 Å². The molecule has 0 unspecified atom stereocenters. The molecule has 0 saturated carbocycles. The number of carbonyl (C=O) groups excluding carboxylic acids is 2. The Hall–Kier alpha value is -2.44. The molecule has 0 saturated heterocycles. The fourth-order valence-corrected chi connectivity index (χ4v) is 2.09. The normalized spacial score (nSPS) is 10.7. The van der Waals surface area contributed by atoms with Crippen LogP contribution in [0, 0.1) is 13.8 Å². The zero-order valence-corrected chi connectivity index (χ0v) is 12.5. The van der Waals surface area contributed by atoms with Gasteiger partial charge in [-0.05, 0) is 27.7 Å². The lowest BCUT2D eigenvalue weighted by atomic mass is 10.2. The number of hydrogen-bond acceptors (Lipinski definition) is 6. The topological polar surface area (TPSA) is 82.8 Å². The van der Waals surface area contributed by atoms with Gasteiger partial charge in [-0.1, -0.05) is 0 Å². The average Bonchev–Trinajstić information content (AvgIpc) is 2.83. The van der Waals surface area contributed by atoms with Gasteiger partial charge in [-0.25, -0.2) is 19.6 Å². The van der Waals surface area contributed by atoms with Crippen molar-refractivity contribution in [1.29, 1.82) is 0 Å². The molecule has 0 N–H and O–H groups in total. The highest BCUT2D eigenvalue weighted by molar-refractivity contribution is 5.92. The average molecular weight is 291 g/mol. The van der Waals surface area contributed by atoms with Gasteiger partial charge in [0.05, 0.1) is 18.9 Å². The van der Waals surface area contributed by atoms with Crippen LogP contribution in [0.5, 0.6) is 0 Å². The molecule has 2 heterocycles. The summed E-state index contributed by atoms with van der Waals surface area (Å²) in [4.78, 5) is 32.1. The van der Waals surface area contributed by atoms with Crippen molar-refractivity contribution in [2.24, 2.45) is 0 Å². The predicted molar refractivity (Wildman–Crippen MR) is 74.4 cm³/mol. The summed E-state index contributed by atoms with van der Waals surface area (Å²) in [6, 6.07) is 0. The maximum absolute atomic E-state index is 12.0. The Bertz CT molecular complexity index is 706. The van der Waals surface area contributed by atoms with Crippen LogP contribution in [0.25, 0.3) is 5.78 Å². The van der Waals surface area contributed by atoms with E-state index < -0.39 is 11.9 Å². The van der Waals surface area contributed by atoms with Gasteiger partial charge in [-0.15, -0.1) is 0 Å². The second-order valence-corrected chi connectivity index (χ2v) is 4.39. The summed E-state index contributed by atoms with van der Waals surface area (Å²) in [6.07, 6.45) is 1.51. The molecule has 2 aromatic heterocycles. The molecule has 0 aliphatic heterocycles. The number of ether oxygens (including phenoxy) is 2. The third-order valence-electron chi connectivity index (χ3n) is 3.00. The Morgan fingerprint density at radius 3 is 2.33 bits per heavy atom. The third-order valence-corrected chi connectivity index (χ3v) is 3.00. The molecule has 0 aromatic carbocycles. The number of fused-ring (bicyclic) bond motifs is 1. The van der Waals surface area contributed by atoms with Crippen LogP contribution in [0.15, 0.2) is 6.20 Å². The van der Waals surface area contributed by atoms with Gasteiger partial charge < -0.3 is 9.47 Å². The number of imidazole rings is 1. The van der Waals surface area contributed by atoms with Crippen molar-refractivity contribution in [3.05, 3.63) is 28.8 Å². The molecule has 112 valence electrons. The highest BCUT2D eigenvalue weighted by Gasteiger charge is 2.20. The van der Waals surface area contributed by atoms with E-state index in [0.29, 0.717) is 22.7 Å². The summed E-state index contributed by atoms with van der Waals surface area (Å²) >= 11 is 0. The van der Waals surface area contributed by atoms with E-state index >= 15 is 0 Å². The predicted octanol–water partition coefficient (Wildman–Crippen LogP) is 1.70. The number of aromatic nitrogens is 3. The Labute approximate surface area is 121 Å². The lowest BCUT2D eigenvalue weighted by Gasteiger charge is -2.09. The number of rotatable bonds is 4. The molecule has 7 heteroatoms. The summed E-state index contributed by atoms with van der Waals surface area (Å²) < 4.78 is 11.5. The molecule has 2 aromatic rings. The summed E-state index contributed by atoms with van der Waals surface area (Å²) in [5.41, 5.74) is 1.68. The summed E-state index contributed by atoms with van der Waals surface area (Å²) in [7, 11) is 0. The first-order valence-corrected chi connectivity index (χ1v) is 6.70. The zero-order chi connectivity index (χ0) is 15.6. The Morgan fingerprint density at radius 2 is 1.71 bits per heavy atom. The maximum atomic E-state index is 12.0. The lowest BCUT2D eigenvalue weighted by Crippen LogP contribution is -2.13. The minimum absolute atomic E-state index is 0.160. The highest BCUT2D eigenvalue weighted by Crippen LogP contribution is 2.16. The first kappa shape index (κ1) is 15.0. The van der Waals surface area contributed by atoms with E-state index in [9.17, 15) is 9.59 Å². The Balaban J connectivity index is 2.55. The summed E-state index contributed by atoms with van der Waals surface area (Å²) in [5, 5.41) is 0. The lowest BCUT2D eigenvalue weighted by molar-refractivity contribution is 0.0512. The number of nitrogens with zero attached hydrogens (tertiary/aromatic N) is 3. The van der Waals surface area contributed by atoms with E-state index in [1.165, 1.54) is 6.20 Å². The van der Waals surface area contributed by atoms with Gasteiger partial charge in [0.1, 0.15) is 5.56 Å². The molecule has 0 radical (unpaired) electrons. The van der Waals surface area contributed by atoms with E-state index in [-0.39, 0.29) is 18.9 Å². The van der Waals surface area contributed by atoms with Gasteiger partial charge in [-0.3, -0.25) is 4.40 Å². The van der Waals surface area contributed by atoms with Crippen molar-refractivity contribution in [1.82, 2.24) is 14.4 Å². The number of carbonyl (C=O) groups is 2. The smallest absolute Gasteiger partial charge is 0.358 e. The van der Waals surface area contributed by atoms with Crippen molar-refractivity contribution in [3.63, 3.8) is 0 Å². The SMILES string of the molecule is CCOC(=O)c1cn2c(C)c(C(=O)OCC)c(C)nc2n1. The third kappa shape index (κ3) is 2.72. The monoisotopic (exact) mass is 291 g/mol. The van der Waals surface area contributed by atoms with Crippen LogP contribution in [0.2, 0.25) is 0 Å². The molecule has 0 aliphatic carbocycles. The van der Waals surface area contributed by atoms with Crippen LogP contribution in [-0.4, -0.2) is 39.5 Å². The standard InChI is InChI=1S/C14H17N3O4/c1-5-20-12(18)10-7-17-9(4)11(13(19)21-6-2)8(3)15-14(17)16-10/h7H,5-6H2,1-4H3. The first-order chi connectivity index (χ1) is 9.99. The summed E-state index contributed by atoms with van der Waals surface area (Å²) in [5.74, 6) is -0.605. The summed E-state index contributed by atoms with van der Waals surface area (Å²) in [6.45, 7) is 7.48. The minimum atomic E-state index is -0.516. The number of aryl methyl sites for hydroxylation is 2. The molecule has 0 atom stereocenters. The van der Waals surface area contributed by atoms with Crippen LogP contribution in [0.1, 0.15) is 46.1 Å². The van der Waals surface area contributed by atoms with Crippen LogP contribution in [0.4, 0.5) is 0 Å². The van der Waals surface area contributed by atoms with Gasteiger partial charge in [0.15, 0.2) is 5.69 Å². The van der Waals surface area contributed by atoms with Gasteiger partial charge in [0.2, 0.25) is 5.78 Å². The molecule has 0 aliphatic rings. The second kappa shape index (κ2) is 5.90. The fraction of sp³-hybridized carbons (Fsp3) is 0.429. The molecule has 0 bridgehead atoms. The molecular weight excluding hydrogens is 274 g/mol. The Kier molecular flexibility index (Phi) is 4.21. The van der Waals surface area contributed by atoms with Gasteiger partial charge in [0.25, 0.3) is 0 Å². The molecule has 21 heavy (non-hydrogen) atoms. The van der Waals surface area contributed by atoms with E-state index in [0.717, 1.165) is 0 Å². The molecule has 0 amide bonds. The molecule has 2 rings (SSSR count). The zero-order valence-electron chi connectivity index (χ0n) is 12.5. The van der Waals surface area contributed by atoms with E-state index in [2.05, 4.69) is 9.97 Å². The molecule has 7 nitrogen and oxygen atoms in total. The molecular formula is C14H17N3O4. The van der Waals surface area contributed by atoms with Crippen molar-refractivity contribution in [3.8, 4) is 0 Å². The first-order valence-electron chi connectivity index (χ1n) is 6.70. The maximum Gasteiger partial charge on any atom is 0.358 e. The number of hydrogen-bond donors (Lipinski definition) is 0. The van der Waals surface area contributed by atoms with Gasteiger partial charge >= 0.3 is 11.9 Å². The highest BCUT2D eigenvalue weighted by atomic mass is 16.5.